The molecule has 2 amide bonds. The van der Waals surface area contributed by atoms with E-state index in [2.05, 4.69) is 21.2 Å². The number of hydrogen-bond acceptors (Lipinski definition) is 3. The largest absolute Gasteiger partial charge is 0.484 e. The average Bonchev–Trinajstić information content (AvgIpc) is 2.82. The molecule has 0 saturated carbocycles. The van der Waals surface area contributed by atoms with Gasteiger partial charge in [0.25, 0.3) is 5.91 Å². The van der Waals surface area contributed by atoms with Gasteiger partial charge in [-0.15, -0.1) is 0 Å². The number of benzene rings is 3. The molecule has 190 valence electrons. The molecule has 1 atom stereocenters. The van der Waals surface area contributed by atoms with Crippen LogP contribution in [0.15, 0.2) is 77.3 Å². The molecule has 0 radical (unpaired) electrons. The van der Waals surface area contributed by atoms with Crippen molar-refractivity contribution in [2.24, 2.45) is 0 Å². The third-order valence-electron chi connectivity index (χ3n) is 5.34. The minimum atomic E-state index is -0.819. The summed E-state index contributed by atoms with van der Waals surface area (Å²) in [5.41, 5.74) is 0.999. The van der Waals surface area contributed by atoms with E-state index in [1.54, 1.807) is 30.3 Å². The highest BCUT2D eigenvalue weighted by Crippen LogP contribution is 2.27. The topological polar surface area (TPSA) is 58.6 Å². The lowest BCUT2D eigenvalue weighted by molar-refractivity contribution is -0.143. The summed E-state index contributed by atoms with van der Waals surface area (Å²) >= 11 is 16.3. The maximum absolute atomic E-state index is 13.6. The maximum atomic E-state index is 13.6. The summed E-state index contributed by atoms with van der Waals surface area (Å²) in [6, 6.07) is 21.1. The second kappa shape index (κ2) is 12.6. The van der Waals surface area contributed by atoms with Gasteiger partial charge in [0.2, 0.25) is 5.91 Å². The second-order valence-electron chi connectivity index (χ2n) is 9.41. The predicted octanol–water partition coefficient (Wildman–Crippen LogP) is 6.69. The first kappa shape index (κ1) is 28.0. The molecule has 0 spiro atoms. The number of nitrogens with one attached hydrogen (secondary N) is 1. The molecule has 0 saturated heterocycles. The number of carbonyl (C=O) groups excluding carboxylic acids is 2. The molecule has 3 aromatic rings. The Kier molecular flexibility index (Phi) is 9.83. The van der Waals surface area contributed by atoms with E-state index in [4.69, 9.17) is 27.9 Å². The van der Waals surface area contributed by atoms with Crippen LogP contribution in [0.1, 0.15) is 31.9 Å². The van der Waals surface area contributed by atoms with E-state index in [0.717, 1.165) is 10.0 Å². The average molecular weight is 592 g/mol. The molecule has 0 aliphatic carbocycles. The first-order chi connectivity index (χ1) is 17.0. The fourth-order valence-electron chi connectivity index (χ4n) is 3.62. The van der Waals surface area contributed by atoms with E-state index in [9.17, 15) is 9.59 Å². The van der Waals surface area contributed by atoms with Crippen molar-refractivity contribution in [1.82, 2.24) is 10.2 Å². The molecular weight excluding hydrogens is 563 g/mol. The monoisotopic (exact) mass is 590 g/mol. The van der Waals surface area contributed by atoms with Crippen molar-refractivity contribution >= 4 is 50.9 Å². The van der Waals surface area contributed by atoms with E-state index in [1.165, 1.54) is 4.90 Å². The van der Waals surface area contributed by atoms with Gasteiger partial charge in [-0.1, -0.05) is 75.5 Å². The van der Waals surface area contributed by atoms with Crippen LogP contribution in [-0.4, -0.2) is 34.9 Å². The van der Waals surface area contributed by atoms with Crippen LogP contribution in [0.4, 0.5) is 0 Å². The highest BCUT2D eigenvalue weighted by atomic mass is 79.9. The first-order valence-electron chi connectivity index (χ1n) is 11.5. The summed E-state index contributed by atoms with van der Waals surface area (Å²) in [5, 5.41) is 3.87. The molecule has 36 heavy (non-hydrogen) atoms. The van der Waals surface area contributed by atoms with Crippen LogP contribution in [0.2, 0.25) is 10.0 Å². The number of amides is 2. The Balaban J connectivity index is 1.97. The normalized spacial score (nSPS) is 12.1. The van der Waals surface area contributed by atoms with Crippen LogP contribution >= 0.6 is 39.1 Å². The van der Waals surface area contributed by atoms with Crippen LogP contribution < -0.4 is 10.1 Å². The number of hydrogen-bond donors (Lipinski definition) is 1. The number of rotatable bonds is 9. The Bertz CT molecular complexity index is 1160. The summed E-state index contributed by atoms with van der Waals surface area (Å²) in [7, 11) is 0. The van der Waals surface area contributed by atoms with Gasteiger partial charge in [0, 0.05) is 38.6 Å². The molecule has 0 aliphatic rings. The van der Waals surface area contributed by atoms with Crippen LogP contribution in [0.3, 0.4) is 0 Å². The minimum absolute atomic E-state index is 0.0517. The second-order valence-corrected chi connectivity index (χ2v) is 11.1. The van der Waals surface area contributed by atoms with E-state index in [-0.39, 0.29) is 25.0 Å². The smallest absolute Gasteiger partial charge is 0.261 e. The standard InChI is InChI=1S/C28H29BrCl2N2O3/c1-28(2,3)32-27(35)25(16-19-8-5-4-6-9-19)33(17-22-23(30)10-7-11-24(22)31)26(34)18-36-21-14-12-20(29)13-15-21/h4-15,25H,16-18H2,1-3H3,(H,32,35). The van der Waals surface area contributed by atoms with Crippen molar-refractivity contribution in [2.75, 3.05) is 6.61 Å². The zero-order chi connectivity index (χ0) is 26.3. The Labute approximate surface area is 230 Å². The molecule has 0 bridgehead atoms. The Hall–Kier alpha value is -2.54. The Morgan fingerprint density at radius 2 is 1.56 bits per heavy atom. The van der Waals surface area contributed by atoms with Gasteiger partial charge in [0.15, 0.2) is 6.61 Å². The van der Waals surface area contributed by atoms with E-state index in [1.807, 2.05) is 63.2 Å². The highest BCUT2D eigenvalue weighted by molar-refractivity contribution is 9.10. The zero-order valence-electron chi connectivity index (χ0n) is 20.4. The van der Waals surface area contributed by atoms with Crippen molar-refractivity contribution in [3.05, 3.63) is 98.4 Å². The molecule has 3 rings (SSSR count). The van der Waals surface area contributed by atoms with Gasteiger partial charge < -0.3 is 15.0 Å². The van der Waals surface area contributed by atoms with Crippen LogP contribution in [0.25, 0.3) is 0 Å². The van der Waals surface area contributed by atoms with Crippen molar-refractivity contribution in [3.63, 3.8) is 0 Å². The number of carbonyl (C=O) groups is 2. The third kappa shape index (κ3) is 8.26. The summed E-state index contributed by atoms with van der Waals surface area (Å²) in [5.74, 6) is -0.0913. The predicted molar refractivity (Wildman–Crippen MR) is 148 cm³/mol. The molecule has 8 heteroatoms. The number of ether oxygens (including phenoxy) is 1. The highest BCUT2D eigenvalue weighted by Gasteiger charge is 2.33. The molecule has 1 N–H and O–H groups in total. The van der Waals surface area contributed by atoms with E-state index >= 15 is 0 Å². The fourth-order valence-corrected chi connectivity index (χ4v) is 4.40. The third-order valence-corrected chi connectivity index (χ3v) is 6.57. The van der Waals surface area contributed by atoms with Gasteiger partial charge in [-0.05, 0) is 62.7 Å². The van der Waals surface area contributed by atoms with Crippen molar-refractivity contribution in [2.45, 2.75) is 45.3 Å². The lowest BCUT2D eigenvalue weighted by atomic mass is 10.0. The molecule has 0 aromatic heterocycles. The molecule has 0 heterocycles. The molecule has 0 aliphatic heterocycles. The van der Waals surface area contributed by atoms with Gasteiger partial charge in [-0.25, -0.2) is 0 Å². The van der Waals surface area contributed by atoms with Crippen molar-refractivity contribution in [3.8, 4) is 5.75 Å². The van der Waals surface area contributed by atoms with Gasteiger partial charge in [-0.2, -0.15) is 0 Å². The Morgan fingerprint density at radius 1 is 0.944 bits per heavy atom. The minimum Gasteiger partial charge on any atom is -0.484 e. The number of nitrogens with zero attached hydrogens (tertiary/aromatic N) is 1. The van der Waals surface area contributed by atoms with Gasteiger partial charge in [0.1, 0.15) is 11.8 Å². The van der Waals surface area contributed by atoms with Gasteiger partial charge in [-0.3, -0.25) is 9.59 Å². The van der Waals surface area contributed by atoms with Crippen molar-refractivity contribution in [1.29, 1.82) is 0 Å². The molecular formula is C28H29BrCl2N2O3. The number of halogens is 3. The fraction of sp³-hybridized carbons (Fsp3) is 0.286. The Morgan fingerprint density at radius 3 is 2.14 bits per heavy atom. The molecule has 1 unspecified atom stereocenters. The maximum Gasteiger partial charge on any atom is 0.261 e. The summed E-state index contributed by atoms with van der Waals surface area (Å²) in [4.78, 5) is 28.7. The van der Waals surface area contributed by atoms with E-state index in [0.29, 0.717) is 27.8 Å². The van der Waals surface area contributed by atoms with Crippen LogP contribution in [-0.2, 0) is 22.6 Å². The molecule has 5 nitrogen and oxygen atoms in total. The van der Waals surface area contributed by atoms with Gasteiger partial charge >= 0.3 is 0 Å². The summed E-state index contributed by atoms with van der Waals surface area (Å²) in [6.45, 7) is 5.50. The van der Waals surface area contributed by atoms with Gasteiger partial charge in [0.05, 0.1) is 0 Å². The van der Waals surface area contributed by atoms with E-state index < -0.39 is 11.6 Å². The molecule has 3 aromatic carbocycles. The van der Waals surface area contributed by atoms with Crippen LogP contribution in [0, 0.1) is 0 Å². The van der Waals surface area contributed by atoms with Crippen LogP contribution in [0.5, 0.6) is 5.75 Å². The lowest BCUT2D eigenvalue weighted by Gasteiger charge is -2.34. The lowest BCUT2D eigenvalue weighted by Crippen LogP contribution is -2.55. The first-order valence-corrected chi connectivity index (χ1v) is 13.0. The quantitative estimate of drug-likeness (QED) is 0.302. The van der Waals surface area contributed by atoms with Crippen molar-refractivity contribution < 1.29 is 14.3 Å². The zero-order valence-corrected chi connectivity index (χ0v) is 23.5. The SMILES string of the molecule is CC(C)(C)NC(=O)C(Cc1ccccc1)N(Cc1c(Cl)cccc1Cl)C(=O)COc1ccc(Br)cc1. The summed E-state index contributed by atoms with van der Waals surface area (Å²) in [6.07, 6.45) is 0.314. The molecule has 0 fully saturated rings. The summed E-state index contributed by atoms with van der Waals surface area (Å²) < 4.78 is 6.67.